The molecule has 0 bridgehead atoms. The topological polar surface area (TPSA) is 45.2 Å². The SMILES string of the molecule is CCc1ccc(NC(=O)C2CCN(c3nc4ccc(C)cc4s3)CC2)cc1. The van der Waals surface area contributed by atoms with Crippen LogP contribution in [0.1, 0.15) is 30.9 Å². The monoisotopic (exact) mass is 379 g/mol. The van der Waals surface area contributed by atoms with Gasteiger partial charge in [0.05, 0.1) is 10.2 Å². The third kappa shape index (κ3) is 3.98. The summed E-state index contributed by atoms with van der Waals surface area (Å²) in [6.45, 7) is 6.00. The molecular weight excluding hydrogens is 354 g/mol. The smallest absolute Gasteiger partial charge is 0.227 e. The van der Waals surface area contributed by atoms with Crippen molar-refractivity contribution in [3.05, 3.63) is 53.6 Å². The van der Waals surface area contributed by atoms with Crippen LogP contribution in [0.25, 0.3) is 10.2 Å². The molecule has 0 aliphatic carbocycles. The second kappa shape index (κ2) is 7.69. The number of anilines is 2. The Morgan fingerprint density at radius 1 is 1.19 bits per heavy atom. The fourth-order valence-electron chi connectivity index (χ4n) is 3.56. The second-order valence-electron chi connectivity index (χ2n) is 7.27. The van der Waals surface area contributed by atoms with Crippen LogP contribution in [-0.2, 0) is 11.2 Å². The molecule has 4 rings (SSSR count). The predicted molar refractivity (Wildman–Crippen MR) is 114 cm³/mol. The minimum Gasteiger partial charge on any atom is -0.348 e. The number of aromatic nitrogens is 1. The van der Waals surface area contributed by atoms with Crippen LogP contribution in [0.4, 0.5) is 10.8 Å². The first-order valence-corrected chi connectivity index (χ1v) is 10.5. The summed E-state index contributed by atoms with van der Waals surface area (Å²) in [5.41, 5.74) is 4.50. The van der Waals surface area contributed by atoms with E-state index >= 15 is 0 Å². The van der Waals surface area contributed by atoms with Gasteiger partial charge >= 0.3 is 0 Å². The van der Waals surface area contributed by atoms with Gasteiger partial charge in [-0.05, 0) is 61.6 Å². The van der Waals surface area contributed by atoms with Crippen LogP contribution < -0.4 is 10.2 Å². The number of nitrogens with zero attached hydrogens (tertiary/aromatic N) is 2. The standard InChI is InChI=1S/C22H25N3OS/c1-3-16-5-7-18(8-6-16)23-21(26)17-10-12-25(13-11-17)22-24-19-9-4-15(2)14-20(19)27-22/h4-9,14,17H,3,10-13H2,1-2H3,(H,23,26). The molecule has 27 heavy (non-hydrogen) atoms. The van der Waals surface area contributed by atoms with Crippen molar-refractivity contribution in [1.29, 1.82) is 0 Å². The van der Waals surface area contributed by atoms with E-state index in [-0.39, 0.29) is 11.8 Å². The molecule has 0 radical (unpaired) electrons. The highest BCUT2D eigenvalue weighted by molar-refractivity contribution is 7.22. The van der Waals surface area contributed by atoms with Crippen LogP contribution in [0.5, 0.6) is 0 Å². The minimum absolute atomic E-state index is 0.0729. The number of piperidine rings is 1. The van der Waals surface area contributed by atoms with Crippen LogP contribution in [0.15, 0.2) is 42.5 Å². The molecule has 1 fully saturated rings. The van der Waals surface area contributed by atoms with Crippen LogP contribution in [0.3, 0.4) is 0 Å². The Morgan fingerprint density at radius 3 is 2.63 bits per heavy atom. The average Bonchev–Trinajstić information content (AvgIpc) is 3.12. The van der Waals surface area contributed by atoms with Gasteiger partial charge in [0, 0.05) is 24.7 Å². The molecule has 1 N–H and O–H groups in total. The summed E-state index contributed by atoms with van der Waals surface area (Å²) in [6.07, 6.45) is 2.75. The molecule has 3 aromatic rings. The average molecular weight is 380 g/mol. The van der Waals surface area contributed by atoms with Crippen LogP contribution in [0.2, 0.25) is 0 Å². The highest BCUT2D eigenvalue weighted by Crippen LogP contribution is 2.32. The Kier molecular flexibility index (Phi) is 5.12. The van der Waals surface area contributed by atoms with Gasteiger partial charge in [0.2, 0.25) is 5.91 Å². The second-order valence-corrected chi connectivity index (χ2v) is 8.28. The highest BCUT2D eigenvalue weighted by Gasteiger charge is 2.26. The number of hydrogen-bond donors (Lipinski definition) is 1. The summed E-state index contributed by atoms with van der Waals surface area (Å²) in [4.78, 5) is 19.7. The van der Waals surface area contributed by atoms with E-state index in [0.29, 0.717) is 0 Å². The van der Waals surface area contributed by atoms with Gasteiger partial charge in [-0.2, -0.15) is 0 Å². The molecule has 4 nitrogen and oxygen atoms in total. The number of amides is 1. The number of benzene rings is 2. The van der Waals surface area contributed by atoms with E-state index in [2.05, 4.69) is 54.4 Å². The Balaban J connectivity index is 1.36. The van der Waals surface area contributed by atoms with Crippen LogP contribution >= 0.6 is 11.3 Å². The number of nitrogens with one attached hydrogen (secondary N) is 1. The van der Waals surface area contributed by atoms with E-state index in [0.717, 1.165) is 48.7 Å². The highest BCUT2D eigenvalue weighted by atomic mass is 32.1. The lowest BCUT2D eigenvalue weighted by Gasteiger charge is -2.31. The molecule has 1 amide bonds. The number of rotatable bonds is 4. The fraction of sp³-hybridized carbons (Fsp3) is 0.364. The van der Waals surface area contributed by atoms with E-state index in [1.165, 1.54) is 15.8 Å². The van der Waals surface area contributed by atoms with Crippen molar-refractivity contribution in [2.24, 2.45) is 5.92 Å². The lowest BCUT2D eigenvalue weighted by Crippen LogP contribution is -2.38. The quantitative estimate of drug-likeness (QED) is 0.692. The van der Waals surface area contributed by atoms with Crippen molar-refractivity contribution >= 4 is 38.3 Å². The maximum absolute atomic E-state index is 12.6. The first-order valence-electron chi connectivity index (χ1n) is 9.64. The van der Waals surface area contributed by atoms with E-state index in [9.17, 15) is 4.79 Å². The van der Waals surface area contributed by atoms with Gasteiger partial charge < -0.3 is 10.2 Å². The maximum Gasteiger partial charge on any atom is 0.227 e. The molecule has 2 heterocycles. The van der Waals surface area contributed by atoms with Crippen molar-refractivity contribution in [2.45, 2.75) is 33.1 Å². The van der Waals surface area contributed by atoms with Crippen molar-refractivity contribution < 1.29 is 4.79 Å². The van der Waals surface area contributed by atoms with Crippen molar-refractivity contribution in [3.63, 3.8) is 0 Å². The molecule has 2 aromatic carbocycles. The fourth-order valence-corrected chi connectivity index (χ4v) is 4.67. The number of carbonyl (C=O) groups excluding carboxylic acids is 1. The third-order valence-corrected chi connectivity index (χ3v) is 6.38. The molecule has 0 spiro atoms. The number of thiazole rings is 1. The van der Waals surface area contributed by atoms with Gasteiger partial charge in [-0.25, -0.2) is 4.98 Å². The minimum atomic E-state index is 0.0729. The molecule has 1 aliphatic rings. The van der Waals surface area contributed by atoms with Gasteiger partial charge in [0.15, 0.2) is 5.13 Å². The summed E-state index contributed by atoms with van der Waals surface area (Å²) in [6, 6.07) is 14.5. The largest absolute Gasteiger partial charge is 0.348 e. The van der Waals surface area contributed by atoms with Crippen LogP contribution in [-0.4, -0.2) is 24.0 Å². The number of aryl methyl sites for hydroxylation is 2. The summed E-state index contributed by atoms with van der Waals surface area (Å²) in [5, 5.41) is 4.15. The van der Waals surface area contributed by atoms with Gasteiger partial charge in [-0.1, -0.05) is 36.5 Å². The Hall–Kier alpha value is -2.40. The van der Waals surface area contributed by atoms with Gasteiger partial charge in [-0.15, -0.1) is 0 Å². The zero-order chi connectivity index (χ0) is 18.8. The van der Waals surface area contributed by atoms with E-state index in [1.807, 2.05) is 12.1 Å². The summed E-state index contributed by atoms with van der Waals surface area (Å²) in [7, 11) is 0. The molecule has 140 valence electrons. The molecule has 1 aliphatic heterocycles. The summed E-state index contributed by atoms with van der Waals surface area (Å²) in [5.74, 6) is 0.211. The molecular formula is C22H25N3OS. The first kappa shape index (κ1) is 18.0. The van der Waals surface area contributed by atoms with Crippen molar-refractivity contribution in [1.82, 2.24) is 4.98 Å². The number of hydrogen-bond acceptors (Lipinski definition) is 4. The summed E-state index contributed by atoms with van der Waals surface area (Å²) >= 11 is 1.75. The lowest BCUT2D eigenvalue weighted by atomic mass is 9.96. The Labute approximate surface area is 164 Å². The molecule has 0 saturated carbocycles. The van der Waals surface area contributed by atoms with E-state index < -0.39 is 0 Å². The van der Waals surface area contributed by atoms with Gasteiger partial charge in [0.1, 0.15) is 0 Å². The first-order chi connectivity index (χ1) is 13.1. The van der Waals surface area contributed by atoms with E-state index in [1.54, 1.807) is 11.3 Å². The molecule has 5 heteroatoms. The zero-order valence-electron chi connectivity index (χ0n) is 15.9. The Bertz CT molecular complexity index is 940. The van der Waals surface area contributed by atoms with Crippen molar-refractivity contribution in [2.75, 3.05) is 23.3 Å². The Morgan fingerprint density at radius 2 is 1.93 bits per heavy atom. The lowest BCUT2D eigenvalue weighted by molar-refractivity contribution is -0.120. The number of fused-ring (bicyclic) bond motifs is 1. The van der Waals surface area contributed by atoms with Gasteiger partial charge in [-0.3, -0.25) is 4.79 Å². The van der Waals surface area contributed by atoms with Crippen LogP contribution in [0, 0.1) is 12.8 Å². The van der Waals surface area contributed by atoms with Crippen molar-refractivity contribution in [3.8, 4) is 0 Å². The predicted octanol–water partition coefficient (Wildman–Crippen LogP) is 5.02. The molecule has 0 unspecified atom stereocenters. The maximum atomic E-state index is 12.6. The zero-order valence-corrected chi connectivity index (χ0v) is 16.7. The van der Waals surface area contributed by atoms with Gasteiger partial charge in [0.25, 0.3) is 0 Å². The van der Waals surface area contributed by atoms with E-state index in [4.69, 9.17) is 4.98 Å². The third-order valence-electron chi connectivity index (χ3n) is 5.30. The summed E-state index contributed by atoms with van der Waals surface area (Å²) < 4.78 is 1.24. The normalized spacial score (nSPS) is 15.3. The number of carbonyl (C=O) groups is 1. The molecule has 1 saturated heterocycles. The molecule has 1 aromatic heterocycles. The molecule has 0 atom stereocenters.